The van der Waals surface area contributed by atoms with Gasteiger partial charge in [-0.05, 0) is 25.1 Å². The van der Waals surface area contributed by atoms with E-state index in [1.807, 2.05) is 36.5 Å². The Hall–Kier alpha value is -3.09. The van der Waals surface area contributed by atoms with Crippen LogP contribution in [0.15, 0.2) is 53.5 Å². The van der Waals surface area contributed by atoms with E-state index < -0.39 is 0 Å². The Balaban J connectivity index is 1.53. The number of pyridine rings is 1. The van der Waals surface area contributed by atoms with Crippen LogP contribution in [0, 0.1) is 6.92 Å². The molecule has 0 fully saturated rings. The zero-order valence-corrected chi connectivity index (χ0v) is 13.8. The van der Waals surface area contributed by atoms with E-state index in [1.165, 1.54) is 6.39 Å². The number of aryl methyl sites for hydroxylation is 1. The number of rotatable bonds is 4. The molecule has 0 unspecified atom stereocenters. The Morgan fingerprint density at radius 2 is 2.24 bits per heavy atom. The van der Waals surface area contributed by atoms with E-state index >= 15 is 0 Å². The lowest BCUT2D eigenvalue weighted by Gasteiger charge is -2.34. The minimum absolute atomic E-state index is 0.00735. The van der Waals surface area contributed by atoms with Gasteiger partial charge in [0.15, 0.2) is 6.39 Å². The fourth-order valence-corrected chi connectivity index (χ4v) is 3.07. The van der Waals surface area contributed by atoms with Gasteiger partial charge in [0.2, 0.25) is 11.6 Å². The lowest BCUT2D eigenvalue weighted by atomic mass is 10.1. The molecule has 0 aliphatic carbocycles. The first-order valence-electron chi connectivity index (χ1n) is 8.11. The molecule has 0 aromatic carbocycles. The Morgan fingerprint density at radius 3 is 3.00 bits per heavy atom. The average Bonchev–Trinajstić information content (AvgIpc) is 3.28. The van der Waals surface area contributed by atoms with Crippen molar-refractivity contribution in [2.45, 2.75) is 19.5 Å². The molecule has 1 amide bonds. The summed E-state index contributed by atoms with van der Waals surface area (Å²) in [6.07, 6.45) is 5.01. The molecule has 0 saturated heterocycles. The number of carbonyl (C=O) groups is 1. The first-order chi connectivity index (χ1) is 12.2. The molecule has 4 rings (SSSR count). The van der Waals surface area contributed by atoms with Gasteiger partial charge in [-0.25, -0.2) is 9.97 Å². The second-order valence-corrected chi connectivity index (χ2v) is 5.99. The third-order valence-electron chi connectivity index (χ3n) is 4.33. The highest BCUT2D eigenvalue weighted by atomic mass is 16.5. The number of aromatic nitrogens is 3. The number of carbonyl (C=O) groups excluding carboxylic acids is 1. The largest absolute Gasteiger partial charge is 0.475 e. The summed E-state index contributed by atoms with van der Waals surface area (Å²) in [5, 5.41) is 0. The topological polar surface area (TPSA) is 73.4 Å². The first-order valence-corrected chi connectivity index (χ1v) is 8.11. The lowest BCUT2D eigenvalue weighted by Crippen LogP contribution is -2.42. The second kappa shape index (κ2) is 6.43. The summed E-state index contributed by atoms with van der Waals surface area (Å²) >= 11 is 0. The summed E-state index contributed by atoms with van der Waals surface area (Å²) in [6.45, 7) is 3.27. The zero-order valence-electron chi connectivity index (χ0n) is 13.8. The van der Waals surface area contributed by atoms with Crippen LogP contribution in [0.4, 0.5) is 0 Å². The van der Waals surface area contributed by atoms with Gasteiger partial charge in [0.1, 0.15) is 6.61 Å². The van der Waals surface area contributed by atoms with Gasteiger partial charge in [-0.3, -0.25) is 4.79 Å². The molecule has 0 N–H and O–H groups in total. The standard InChI is InChI=1S/C18H18N4O3/c1-13-17(25-12-20-13)18(23)21-9-14-5-4-8-22(14)15(10-21)11-24-16-6-2-3-7-19-16/h2-8,12,15H,9-11H2,1H3/t15-/m0/s1. The minimum Gasteiger partial charge on any atom is -0.475 e. The van der Waals surface area contributed by atoms with Crippen molar-refractivity contribution in [3.63, 3.8) is 0 Å². The smallest absolute Gasteiger partial charge is 0.291 e. The van der Waals surface area contributed by atoms with Crippen LogP contribution in [-0.4, -0.2) is 38.5 Å². The van der Waals surface area contributed by atoms with Crippen LogP contribution < -0.4 is 4.74 Å². The average molecular weight is 338 g/mol. The number of hydrogen-bond donors (Lipinski definition) is 0. The van der Waals surface area contributed by atoms with E-state index in [9.17, 15) is 4.79 Å². The highest BCUT2D eigenvalue weighted by Crippen LogP contribution is 2.24. The number of amides is 1. The summed E-state index contributed by atoms with van der Waals surface area (Å²) in [5.74, 6) is 0.723. The van der Waals surface area contributed by atoms with E-state index in [-0.39, 0.29) is 11.9 Å². The van der Waals surface area contributed by atoms with Gasteiger partial charge in [-0.2, -0.15) is 0 Å². The SMILES string of the molecule is Cc1ncoc1C(=O)N1Cc2cccn2[C@H](COc2ccccn2)C1. The van der Waals surface area contributed by atoms with Crippen molar-refractivity contribution in [2.24, 2.45) is 0 Å². The first kappa shape index (κ1) is 15.4. The molecule has 0 radical (unpaired) electrons. The molecular weight excluding hydrogens is 320 g/mol. The van der Waals surface area contributed by atoms with Crippen molar-refractivity contribution in [1.82, 2.24) is 19.4 Å². The Bertz CT molecular complexity index is 871. The van der Waals surface area contributed by atoms with Crippen molar-refractivity contribution < 1.29 is 13.9 Å². The van der Waals surface area contributed by atoms with Gasteiger partial charge >= 0.3 is 0 Å². The summed E-state index contributed by atoms with van der Waals surface area (Å²) in [4.78, 5) is 22.7. The van der Waals surface area contributed by atoms with Crippen LogP contribution >= 0.6 is 0 Å². The predicted molar refractivity (Wildman–Crippen MR) is 89.2 cm³/mol. The number of hydrogen-bond acceptors (Lipinski definition) is 5. The number of fused-ring (bicyclic) bond motifs is 1. The van der Waals surface area contributed by atoms with Crippen LogP contribution in [0.5, 0.6) is 5.88 Å². The van der Waals surface area contributed by atoms with Crippen molar-refractivity contribution in [2.75, 3.05) is 13.2 Å². The summed E-state index contributed by atoms with van der Waals surface area (Å²) in [6, 6.07) is 9.55. The molecule has 3 aromatic heterocycles. The van der Waals surface area contributed by atoms with Crippen LogP contribution in [0.25, 0.3) is 0 Å². The van der Waals surface area contributed by atoms with E-state index in [1.54, 1.807) is 18.0 Å². The fraction of sp³-hybridized carbons (Fsp3) is 0.278. The molecule has 0 saturated carbocycles. The van der Waals surface area contributed by atoms with Gasteiger partial charge in [-0.1, -0.05) is 6.07 Å². The molecule has 0 bridgehead atoms. The van der Waals surface area contributed by atoms with E-state index in [0.717, 1.165) is 5.69 Å². The highest BCUT2D eigenvalue weighted by Gasteiger charge is 2.30. The van der Waals surface area contributed by atoms with Crippen molar-refractivity contribution in [3.05, 3.63) is 66.3 Å². The highest BCUT2D eigenvalue weighted by molar-refractivity contribution is 5.92. The molecule has 25 heavy (non-hydrogen) atoms. The molecule has 3 aromatic rings. The second-order valence-electron chi connectivity index (χ2n) is 5.99. The number of ether oxygens (including phenoxy) is 1. The van der Waals surface area contributed by atoms with Crippen LogP contribution in [0.2, 0.25) is 0 Å². The Kier molecular flexibility index (Phi) is 3.97. The van der Waals surface area contributed by atoms with Crippen molar-refractivity contribution in [3.8, 4) is 5.88 Å². The molecule has 1 atom stereocenters. The molecule has 4 heterocycles. The maximum absolute atomic E-state index is 12.8. The lowest BCUT2D eigenvalue weighted by molar-refractivity contribution is 0.0613. The van der Waals surface area contributed by atoms with Crippen molar-refractivity contribution in [1.29, 1.82) is 0 Å². The van der Waals surface area contributed by atoms with E-state index in [0.29, 0.717) is 37.0 Å². The molecule has 1 aliphatic rings. The van der Waals surface area contributed by atoms with E-state index in [4.69, 9.17) is 9.15 Å². The minimum atomic E-state index is -0.148. The van der Waals surface area contributed by atoms with Crippen LogP contribution in [0.1, 0.15) is 28.0 Å². The summed E-state index contributed by atoms with van der Waals surface area (Å²) < 4.78 is 13.2. The fourth-order valence-electron chi connectivity index (χ4n) is 3.07. The Morgan fingerprint density at radius 1 is 1.32 bits per heavy atom. The van der Waals surface area contributed by atoms with Gasteiger partial charge in [-0.15, -0.1) is 0 Å². The van der Waals surface area contributed by atoms with Gasteiger partial charge in [0.05, 0.1) is 18.3 Å². The quantitative estimate of drug-likeness (QED) is 0.730. The zero-order chi connectivity index (χ0) is 17.2. The van der Waals surface area contributed by atoms with E-state index in [2.05, 4.69) is 14.5 Å². The maximum atomic E-state index is 12.8. The third kappa shape index (κ3) is 3.00. The van der Waals surface area contributed by atoms with Gasteiger partial charge in [0.25, 0.3) is 5.91 Å². The molecule has 128 valence electrons. The van der Waals surface area contributed by atoms with Gasteiger partial charge < -0.3 is 18.6 Å². The molecule has 0 spiro atoms. The predicted octanol–water partition coefficient (Wildman–Crippen LogP) is 2.46. The van der Waals surface area contributed by atoms with Crippen LogP contribution in [-0.2, 0) is 6.54 Å². The normalized spacial score (nSPS) is 16.5. The van der Waals surface area contributed by atoms with Gasteiger partial charge in [0, 0.05) is 30.7 Å². The number of oxazole rings is 1. The maximum Gasteiger partial charge on any atom is 0.291 e. The molecule has 1 aliphatic heterocycles. The Labute approximate surface area is 144 Å². The van der Waals surface area contributed by atoms with Crippen LogP contribution in [0.3, 0.4) is 0 Å². The molecule has 7 heteroatoms. The summed E-state index contributed by atoms with van der Waals surface area (Å²) in [5.41, 5.74) is 1.67. The molecular formula is C18H18N4O3. The van der Waals surface area contributed by atoms with Crippen molar-refractivity contribution >= 4 is 5.91 Å². The third-order valence-corrected chi connectivity index (χ3v) is 4.33. The summed E-state index contributed by atoms with van der Waals surface area (Å²) in [7, 11) is 0. The number of nitrogens with zero attached hydrogens (tertiary/aromatic N) is 4. The molecule has 7 nitrogen and oxygen atoms in total. The monoisotopic (exact) mass is 338 g/mol.